The third-order valence-electron chi connectivity index (χ3n) is 4.14. The maximum absolute atomic E-state index is 12.9. The molecule has 0 saturated carbocycles. The number of methoxy groups -OCH3 is 1. The summed E-state index contributed by atoms with van der Waals surface area (Å²) in [4.78, 5) is 18.0. The van der Waals surface area contributed by atoms with Crippen molar-refractivity contribution in [2.24, 2.45) is 0 Å². The van der Waals surface area contributed by atoms with Crippen molar-refractivity contribution in [3.63, 3.8) is 0 Å². The molecule has 1 aliphatic heterocycles. The molecule has 0 unspecified atom stereocenters. The van der Waals surface area contributed by atoms with Crippen LogP contribution in [0, 0.1) is 0 Å². The molecule has 1 fully saturated rings. The van der Waals surface area contributed by atoms with E-state index < -0.39 is 0 Å². The Hall–Kier alpha value is -2.28. The van der Waals surface area contributed by atoms with Gasteiger partial charge in [0.1, 0.15) is 0 Å². The lowest BCUT2D eigenvalue weighted by Crippen LogP contribution is -2.49. The minimum Gasteiger partial charge on any atom is -0.480 e. The predicted molar refractivity (Wildman–Crippen MR) is 99.5 cm³/mol. The summed E-state index contributed by atoms with van der Waals surface area (Å²) in [7, 11) is 1.57. The van der Waals surface area contributed by atoms with Crippen molar-refractivity contribution in [2.75, 3.05) is 43.9 Å². The van der Waals surface area contributed by atoms with Crippen molar-refractivity contribution in [3.05, 3.63) is 42.0 Å². The van der Waals surface area contributed by atoms with Crippen LogP contribution in [0.25, 0.3) is 0 Å². The average Bonchev–Trinajstić information content (AvgIpc) is 2.68. The van der Waals surface area contributed by atoms with E-state index in [2.05, 4.69) is 22.0 Å². The van der Waals surface area contributed by atoms with Gasteiger partial charge in [0, 0.05) is 37.1 Å². The lowest BCUT2D eigenvalue weighted by Gasteiger charge is -2.35. The standard InChI is InChI=1S/C18H22N4O2S/c1-3-25-15-7-5-4-6-14(15)18(23)22-12-10-21(11-13-22)16-8-9-17(24-2)20-19-16/h4-9H,3,10-13H2,1-2H3. The van der Waals surface area contributed by atoms with Gasteiger partial charge in [0.05, 0.1) is 12.7 Å². The number of thioether (sulfide) groups is 1. The van der Waals surface area contributed by atoms with Crippen LogP contribution in [0.4, 0.5) is 5.82 Å². The topological polar surface area (TPSA) is 58.6 Å². The van der Waals surface area contributed by atoms with Gasteiger partial charge in [-0.3, -0.25) is 4.79 Å². The molecule has 2 heterocycles. The molecule has 0 aliphatic carbocycles. The van der Waals surface area contributed by atoms with Crippen LogP contribution in [0.2, 0.25) is 0 Å². The molecule has 0 radical (unpaired) electrons. The molecule has 1 saturated heterocycles. The molecular weight excluding hydrogens is 336 g/mol. The number of carbonyl (C=O) groups excluding carboxylic acids is 1. The van der Waals surface area contributed by atoms with E-state index in [1.54, 1.807) is 24.9 Å². The second kappa shape index (κ2) is 8.20. The number of amides is 1. The van der Waals surface area contributed by atoms with Crippen LogP contribution in [-0.4, -0.2) is 60.0 Å². The maximum atomic E-state index is 12.9. The minimum absolute atomic E-state index is 0.108. The molecule has 1 aliphatic rings. The number of anilines is 1. The fraction of sp³-hybridized carbons (Fsp3) is 0.389. The highest BCUT2D eigenvalue weighted by atomic mass is 32.2. The van der Waals surface area contributed by atoms with Crippen LogP contribution in [0.3, 0.4) is 0 Å². The maximum Gasteiger partial charge on any atom is 0.255 e. The number of piperazine rings is 1. The number of ether oxygens (including phenoxy) is 1. The lowest BCUT2D eigenvalue weighted by molar-refractivity contribution is 0.0743. The first-order valence-corrected chi connectivity index (χ1v) is 9.35. The Morgan fingerprint density at radius 2 is 1.88 bits per heavy atom. The lowest BCUT2D eigenvalue weighted by atomic mass is 10.2. The van der Waals surface area contributed by atoms with Crippen molar-refractivity contribution in [3.8, 4) is 5.88 Å². The van der Waals surface area contributed by atoms with Crippen LogP contribution < -0.4 is 9.64 Å². The van der Waals surface area contributed by atoms with E-state index in [-0.39, 0.29) is 5.91 Å². The molecule has 25 heavy (non-hydrogen) atoms. The first-order chi connectivity index (χ1) is 12.2. The Morgan fingerprint density at radius 3 is 2.52 bits per heavy atom. The zero-order valence-corrected chi connectivity index (χ0v) is 15.3. The second-order valence-corrected chi connectivity index (χ2v) is 6.95. The molecule has 1 aromatic heterocycles. The number of benzene rings is 1. The van der Waals surface area contributed by atoms with E-state index in [4.69, 9.17) is 4.74 Å². The number of nitrogens with zero attached hydrogens (tertiary/aromatic N) is 4. The smallest absolute Gasteiger partial charge is 0.255 e. The molecule has 2 aromatic rings. The third kappa shape index (κ3) is 4.04. The Labute approximate surface area is 152 Å². The summed E-state index contributed by atoms with van der Waals surface area (Å²) in [5, 5.41) is 8.19. The van der Waals surface area contributed by atoms with Crippen LogP contribution in [0.5, 0.6) is 5.88 Å². The summed E-state index contributed by atoms with van der Waals surface area (Å²) in [6, 6.07) is 11.5. The summed E-state index contributed by atoms with van der Waals surface area (Å²) in [5.41, 5.74) is 0.798. The zero-order chi connectivity index (χ0) is 17.6. The van der Waals surface area contributed by atoms with Crippen LogP contribution >= 0.6 is 11.8 Å². The van der Waals surface area contributed by atoms with Crippen LogP contribution in [0.1, 0.15) is 17.3 Å². The van der Waals surface area contributed by atoms with Gasteiger partial charge in [0.25, 0.3) is 5.91 Å². The molecule has 0 atom stereocenters. The van der Waals surface area contributed by atoms with Crippen molar-refractivity contribution >= 4 is 23.5 Å². The Kier molecular flexibility index (Phi) is 5.75. The van der Waals surface area contributed by atoms with Crippen LogP contribution in [0.15, 0.2) is 41.3 Å². The molecule has 132 valence electrons. The van der Waals surface area contributed by atoms with E-state index in [0.29, 0.717) is 19.0 Å². The normalized spacial score (nSPS) is 14.5. The number of hydrogen-bond acceptors (Lipinski definition) is 6. The molecule has 0 bridgehead atoms. The summed E-state index contributed by atoms with van der Waals surface area (Å²) < 4.78 is 5.04. The first-order valence-electron chi connectivity index (χ1n) is 8.36. The highest BCUT2D eigenvalue weighted by molar-refractivity contribution is 7.99. The van der Waals surface area contributed by atoms with Crippen molar-refractivity contribution in [2.45, 2.75) is 11.8 Å². The van der Waals surface area contributed by atoms with Gasteiger partial charge in [0.2, 0.25) is 5.88 Å². The SMILES string of the molecule is CCSc1ccccc1C(=O)N1CCN(c2ccc(OC)nn2)CC1. The van der Waals surface area contributed by atoms with E-state index in [0.717, 1.165) is 35.1 Å². The van der Waals surface area contributed by atoms with E-state index in [1.807, 2.05) is 35.2 Å². The molecule has 0 N–H and O–H groups in total. The van der Waals surface area contributed by atoms with Gasteiger partial charge in [-0.05, 0) is 24.0 Å². The summed E-state index contributed by atoms with van der Waals surface area (Å²) in [6.07, 6.45) is 0. The molecule has 1 aromatic carbocycles. The molecule has 1 amide bonds. The summed E-state index contributed by atoms with van der Waals surface area (Å²) in [5.74, 6) is 2.38. The van der Waals surface area contributed by atoms with E-state index in [9.17, 15) is 4.79 Å². The molecule has 3 rings (SSSR count). The predicted octanol–water partition coefficient (Wildman–Crippen LogP) is 2.56. The van der Waals surface area contributed by atoms with Crippen molar-refractivity contribution < 1.29 is 9.53 Å². The highest BCUT2D eigenvalue weighted by Gasteiger charge is 2.24. The van der Waals surface area contributed by atoms with Gasteiger partial charge in [-0.25, -0.2) is 0 Å². The monoisotopic (exact) mass is 358 g/mol. The number of rotatable bonds is 5. The van der Waals surface area contributed by atoms with E-state index in [1.165, 1.54) is 0 Å². The van der Waals surface area contributed by atoms with Gasteiger partial charge in [-0.15, -0.1) is 22.0 Å². The zero-order valence-electron chi connectivity index (χ0n) is 14.5. The Balaban J connectivity index is 1.64. The minimum atomic E-state index is 0.108. The van der Waals surface area contributed by atoms with Gasteiger partial charge in [-0.2, -0.15) is 0 Å². The van der Waals surface area contributed by atoms with Gasteiger partial charge in [-0.1, -0.05) is 19.1 Å². The number of aromatic nitrogens is 2. The van der Waals surface area contributed by atoms with E-state index >= 15 is 0 Å². The first kappa shape index (κ1) is 17.5. The molecule has 0 spiro atoms. The molecular formula is C18H22N4O2S. The van der Waals surface area contributed by atoms with Gasteiger partial charge < -0.3 is 14.5 Å². The fourth-order valence-corrected chi connectivity index (χ4v) is 3.62. The number of hydrogen-bond donors (Lipinski definition) is 0. The van der Waals surface area contributed by atoms with Crippen LogP contribution in [-0.2, 0) is 0 Å². The van der Waals surface area contributed by atoms with Gasteiger partial charge in [0.15, 0.2) is 5.82 Å². The molecule has 7 heteroatoms. The third-order valence-corrected chi connectivity index (χ3v) is 5.10. The van der Waals surface area contributed by atoms with Gasteiger partial charge >= 0.3 is 0 Å². The quantitative estimate of drug-likeness (QED) is 0.766. The van der Waals surface area contributed by atoms with Crippen molar-refractivity contribution in [1.29, 1.82) is 0 Å². The Bertz CT molecular complexity index is 715. The fourth-order valence-electron chi connectivity index (χ4n) is 2.82. The number of carbonyl (C=O) groups is 1. The second-order valence-electron chi connectivity index (χ2n) is 5.64. The van der Waals surface area contributed by atoms with Crippen molar-refractivity contribution in [1.82, 2.24) is 15.1 Å². The molecule has 6 nitrogen and oxygen atoms in total. The summed E-state index contributed by atoms with van der Waals surface area (Å²) >= 11 is 1.71. The average molecular weight is 358 g/mol. The summed E-state index contributed by atoms with van der Waals surface area (Å²) in [6.45, 7) is 4.95. The highest BCUT2D eigenvalue weighted by Crippen LogP contribution is 2.24. The Morgan fingerprint density at radius 1 is 1.12 bits per heavy atom. The largest absolute Gasteiger partial charge is 0.480 e.